The molecule has 1 aromatic heterocycles. The van der Waals surface area contributed by atoms with Gasteiger partial charge in [0.25, 0.3) is 0 Å². The Labute approximate surface area is 113 Å². The van der Waals surface area contributed by atoms with Crippen molar-refractivity contribution in [2.24, 2.45) is 0 Å². The fourth-order valence-corrected chi connectivity index (χ4v) is 1.76. The van der Waals surface area contributed by atoms with Gasteiger partial charge in [0.15, 0.2) is 0 Å². The molecule has 1 heterocycles. The first-order chi connectivity index (χ1) is 9.40. The van der Waals surface area contributed by atoms with E-state index < -0.39 is 0 Å². The zero-order chi connectivity index (χ0) is 13.3. The average Bonchev–Trinajstić information content (AvgIpc) is 2.46. The highest BCUT2D eigenvalue weighted by atomic mass is 16.5. The van der Waals surface area contributed by atoms with E-state index in [0.29, 0.717) is 19.8 Å². The maximum absolute atomic E-state index is 5.60. The van der Waals surface area contributed by atoms with Crippen LogP contribution in [-0.2, 0) is 9.47 Å². The van der Waals surface area contributed by atoms with Crippen molar-refractivity contribution in [3.8, 4) is 5.75 Å². The molecule has 2 rings (SSSR count). The topological polar surface area (TPSA) is 40.6 Å². The lowest BCUT2D eigenvalue weighted by Gasteiger charge is -2.07. The van der Waals surface area contributed by atoms with E-state index in [1.54, 1.807) is 13.3 Å². The molecule has 2 aromatic rings. The highest BCUT2D eigenvalue weighted by molar-refractivity contribution is 5.79. The maximum atomic E-state index is 5.60. The fourth-order valence-electron chi connectivity index (χ4n) is 1.76. The molecule has 19 heavy (non-hydrogen) atoms. The van der Waals surface area contributed by atoms with Gasteiger partial charge in [-0.05, 0) is 18.6 Å². The van der Waals surface area contributed by atoms with E-state index in [2.05, 4.69) is 4.98 Å². The first-order valence-corrected chi connectivity index (χ1v) is 6.44. The lowest BCUT2D eigenvalue weighted by molar-refractivity contribution is 0.0806. The molecule has 0 unspecified atom stereocenters. The van der Waals surface area contributed by atoms with E-state index >= 15 is 0 Å². The van der Waals surface area contributed by atoms with Crippen LogP contribution in [0.4, 0.5) is 0 Å². The van der Waals surface area contributed by atoms with E-state index in [0.717, 1.165) is 29.7 Å². The number of nitrogens with zero attached hydrogens (tertiary/aromatic N) is 1. The molecule has 0 bridgehead atoms. The quantitative estimate of drug-likeness (QED) is 0.685. The van der Waals surface area contributed by atoms with Crippen molar-refractivity contribution in [1.82, 2.24) is 4.98 Å². The van der Waals surface area contributed by atoms with E-state index in [-0.39, 0.29) is 0 Å². The van der Waals surface area contributed by atoms with Crippen LogP contribution in [0.5, 0.6) is 5.75 Å². The van der Waals surface area contributed by atoms with Crippen LogP contribution < -0.4 is 4.74 Å². The van der Waals surface area contributed by atoms with Gasteiger partial charge in [0.1, 0.15) is 12.4 Å². The van der Waals surface area contributed by atoms with E-state index in [1.807, 2.05) is 30.3 Å². The molecular weight excluding hydrogens is 242 g/mol. The number of pyridine rings is 1. The van der Waals surface area contributed by atoms with Gasteiger partial charge in [-0.2, -0.15) is 0 Å². The van der Waals surface area contributed by atoms with Crippen LogP contribution in [0.25, 0.3) is 10.9 Å². The summed E-state index contributed by atoms with van der Waals surface area (Å²) in [6, 6.07) is 9.97. The number of fused-ring (bicyclic) bond motifs is 1. The van der Waals surface area contributed by atoms with E-state index in [4.69, 9.17) is 14.2 Å². The molecule has 0 N–H and O–H groups in total. The van der Waals surface area contributed by atoms with Crippen LogP contribution in [-0.4, -0.2) is 38.5 Å². The molecule has 0 saturated heterocycles. The second-order valence-corrected chi connectivity index (χ2v) is 4.17. The molecule has 0 fully saturated rings. The summed E-state index contributed by atoms with van der Waals surface area (Å²) in [5.41, 5.74) is 0.977. The number of para-hydroxylation sites is 1. The lowest BCUT2D eigenvalue weighted by atomic mass is 10.2. The molecule has 0 amide bonds. The molecule has 0 atom stereocenters. The van der Waals surface area contributed by atoms with Gasteiger partial charge in [-0.1, -0.05) is 18.2 Å². The van der Waals surface area contributed by atoms with Gasteiger partial charge < -0.3 is 14.2 Å². The molecule has 0 saturated carbocycles. The summed E-state index contributed by atoms with van der Waals surface area (Å²) in [6.45, 7) is 2.55. The predicted octanol–water partition coefficient (Wildman–Crippen LogP) is 2.67. The number of benzene rings is 1. The molecule has 1 aromatic carbocycles. The summed E-state index contributed by atoms with van der Waals surface area (Å²) < 4.78 is 16.0. The third-order valence-electron chi connectivity index (χ3n) is 2.70. The number of methoxy groups -OCH3 is 1. The highest BCUT2D eigenvalue weighted by Gasteiger charge is 1.98. The largest absolute Gasteiger partial charge is 0.490 e. The summed E-state index contributed by atoms with van der Waals surface area (Å²) in [6.07, 6.45) is 2.65. The molecule has 0 aliphatic carbocycles. The summed E-state index contributed by atoms with van der Waals surface area (Å²) in [4.78, 5) is 4.34. The Morgan fingerprint density at radius 3 is 2.84 bits per heavy atom. The normalized spacial score (nSPS) is 10.8. The minimum Gasteiger partial charge on any atom is -0.490 e. The minimum atomic E-state index is 0.535. The Morgan fingerprint density at radius 2 is 1.95 bits per heavy atom. The van der Waals surface area contributed by atoms with E-state index in [9.17, 15) is 0 Å². The summed E-state index contributed by atoms with van der Waals surface area (Å²) in [7, 11) is 1.69. The van der Waals surface area contributed by atoms with Crippen molar-refractivity contribution >= 4 is 10.9 Å². The number of hydrogen-bond donors (Lipinski definition) is 0. The first-order valence-electron chi connectivity index (χ1n) is 6.44. The second kappa shape index (κ2) is 7.71. The van der Waals surface area contributed by atoms with Crippen LogP contribution in [0.2, 0.25) is 0 Å². The molecule has 4 heteroatoms. The van der Waals surface area contributed by atoms with Gasteiger partial charge in [0.05, 0.1) is 18.3 Å². The van der Waals surface area contributed by atoms with Gasteiger partial charge in [-0.3, -0.25) is 4.98 Å². The van der Waals surface area contributed by atoms with Crippen molar-refractivity contribution in [3.63, 3.8) is 0 Å². The van der Waals surface area contributed by atoms with Crippen molar-refractivity contribution in [2.45, 2.75) is 6.42 Å². The maximum Gasteiger partial charge on any atom is 0.138 e. The molecule has 0 aliphatic rings. The molecule has 0 spiro atoms. The van der Waals surface area contributed by atoms with E-state index in [1.165, 1.54) is 0 Å². The van der Waals surface area contributed by atoms with Crippen molar-refractivity contribution in [1.29, 1.82) is 0 Å². The molecule has 0 radical (unpaired) electrons. The number of rotatable bonds is 8. The number of aromatic nitrogens is 1. The average molecular weight is 261 g/mol. The van der Waals surface area contributed by atoms with Crippen LogP contribution in [0.1, 0.15) is 6.42 Å². The van der Waals surface area contributed by atoms with Gasteiger partial charge in [0, 0.05) is 25.7 Å². The monoisotopic (exact) mass is 261 g/mol. The van der Waals surface area contributed by atoms with Gasteiger partial charge in [-0.15, -0.1) is 0 Å². The Balaban J connectivity index is 1.72. The lowest BCUT2D eigenvalue weighted by Crippen LogP contribution is -2.08. The smallest absolute Gasteiger partial charge is 0.138 e. The van der Waals surface area contributed by atoms with Crippen LogP contribution >= 0.6 is 0 Å². The highest BCUT2D eigenvalue weighted by Crippen LogP contribution is 2.17. The van der Waals surface area contributed by atoms with Crippen LogP contribution in [0.15, 0.2) is 36.5 Å². The van der Waals surface area contributed by atoms with Gasteiger partial charge >= 0.3 is 0 Å². The van der Waals surface area contributed by atoms with Crippen molar-refractivity contribution < 1.29 is 14.2 Å². The third-order valence-corrected chi connectivity index (χ3v) is 2.70. The summed E-state index contributed by atoms with van der Waals surface area (Å²) >= 11 is 0. The Bertz CT molecular complexity index is 501. The fraction of sp³-hybridized carbons (Fsp3) is 0.400. The zero-order valence-electron chi connectivity index (χ0n) is 11.2. The second-order valence-electron chi connectivity index (χ2n) is 4.17. The Kier molecular flexibility index (Phi) is 5.59. The van der Waals surface area contributed by atoms with Gasteiger partial charge in [0.2, 0.25) is 0 Å². The minimum absolute atomic E-state index is 0.535. The van der Waals surface area contributed by atoms with Crippen molar-refractivity contribution in [3.05, 3.63) is 36.5 Å². The Hall–Kier alpha value is -1.65. The van der Waals surface area contributed by atoms with Gasteiger partial charge in [-0.25, -0.2) is 0 Å². The third kappa shape index (κ3) is 4.50. The predicted molar refractivity (Wildman–Crippen MR) is 74.6 cm³/mol. The summed E-state index contributed by atoms with van der Waals surface area (Å²) in [5, 5.41) is 1.08. The first kappa shape index (κ1) is 13.8. The zero-order valence-corrected chi connectivity index (χ0v) is 11.2. The standard InChI is InChI=1S/C15H19NO3/c1-17-7-4-8-18-9-10-19-14-11-13-5-2-3-6-15(13)16-12-14/h2-3,5-6,11-12H,4,7-10H2,1H3. The number of hydrogen-bond acceptors (Lipinski definition) is 4. The number of ether oxygens (including phenoxy) is 3. The Morgan fingerprint density at radius 1 is 1.05 bits per heavy atom. The molecule has 102 valence electrons. The summed E-state index contributed by atoms with van der Waals surface area (Å²) in [5.74, 6) is 0.777. The van der Waals surface area contributed by atoms with Crippen LogP contribution in [0.3, 0.4) is 0 Å². The molecule has 4 nitrogen and oxygen atoms in total. The molecular formula is C15H19NO3. The SMILES string of the molecule is COCCCOCCOc1cnc2ccccc2c1. The molecule has 0 aliphatic heterocycles. The van der Waals surface area contributed by atoms with Crippen LogP contribution in [0, 0.1) is 0 Å². The van der Waals surface area contributed by atoms with Crippen molar-refractivity contribution in [2.75, 3.05) is 33.5 Å².